The van der Waals surface area contributed by atoms with Gasteiger partial charge in [0.2, 0.25) is 0 Å². The fourth-order valence-electron chi connectivity index (χ4n) is 1.39. The van der Waals surface area contributed by atoms with Crippen molar-refractivity contribution < 1.29 is 5.32 Å². The third kappa shape index (κ3) is 2.67. The monoisotopic (exact) mass is 143 g/mol. The van der Waals surface area contributed by atoms with Crippen molar-refractivity contribution in [2.75, 3.05) is 19.6 Å². The van der Waals surface area contributed by atoms with E-state index in [2.05, 4.69) is 5.32 Å². The summed E-state index contributed by atoms with van der Waals surface area (Å²) in [6.07, 6.45) is 5.40. The molecule has 0 saturated carbocycles. The largest absolute Gasteiger partial charge is 0.345 e. The maximum Gasteiger partial charge on any atom is 0.0838 e. The molecule has 0 radical (unpaired) electrons. The fourth-order valence-corrected chi connectivity index (χ4v) is 1.39. The number of quaternary nitrogens is 1. The van der Waals surface area contributed by atoms with Gasteiger partial charge in [-0.2, -0.15) is 0 Å². The Morgan fingerprint density at radius 3 is 2.50 bits per heavy atom. The van der Waals surface area contributed by atoms with Gasteiger partial charge in [0.05, 0.1) is 19.0 Å². The van der Waals surface area contributed by atoms with Crippen LogP contribution in [0.1, 0.15) is 25.7 Å². The Kier molecular flexibility index (Phi) is 3.76. The minimum absolute atomic E-state index is 0.872. The molecule has 2 nitrogen and oxygen atoms in total. The molecule has 1 fully saturated rings. The van der Waals surface area contributed by atoms with Gasteiger partial charge in [-0.15, -0.1) is 0 Å². The molecule has 0 aromatic carbocycles. The lowest BCUT2D eigenvalue weighted by molar-refractivity contribution is -0.723. The van der Waals surface area contributed by atoms with Gasteiger partial charge in [0.1, 0.15) is 0 Å². The van der Waals surface area contributed by atoms with E-state index in [1.165, 1.54) is 38.8 Å². The van der Waals surface area contributed by atoms with Crippen molar-refractivity contribution >= 4 is 0 Å². The van der Waals surface area contributed by atoms with Crippen molar-refractivity contribution in [3.8, 4) is 0 Å². The van der Waals surface area contributed by atoms with Gasteiger partial charge in [0.15, 0.2) is 0 Å². The van der Waals surface area contributed by atoms with Crippen molar-refractivity contribution in [2.45, 2.75) is 25.7 Å². The Morgan fingerprint density at radius 1 is 1.20 bits per heavy atom. The molecule has 1 aliphatic rings. The molecular weight excluding hydrogens is 124 g/mol. The first-order valence-corrected chi connectivity index (χ1v) is 4.45. The van der Waals surface area contributed by atoms with E-state index in [-0.39, 0.29) is 0 Å². The summed E-state index contributed by atoms with van der Waals surface area (Å²) < 4.78 is 0. The standard InChI is InChI=1S/C8H18N2/c9-5-3-1-2-4-8-6-10-7-8/h8,10H,1-7,9H2/p+1. The molecule has 1 rings (SSSR count). The second-order valence-corrected chi connectivity index (χ2v) is 3.26. The predicted octanol–water partition coefficient (Wildman–Crippen LogP) is -0.301. The Balaban J connectivity index is 1.76. The predicted molar refractivity (Wildman–Crippen MR) is 42.7 cm³/mol. The normalized spacial score (nSPS) is 18.9. The molecule has 0 aromatic rings. The van der Waals surface area contributed by atoms with Crippen LogP contribution in [0, 0.1) is 5.92 Å². The van der Waals surface area contributed by atoms with Crippen molar-refractivity contribution in [2.24, 2.45) is 11.7 Å². The Labute approximate surface area is 63.2 Å². The smallest absolute Gasteiger partial charge is 0.0838 e. The molecule has 10 heavy (non-hydrogen) atoms. The second kappa shape index (κ2) is 4.69. The fraction of sp³-hybridized carbons (Fsp3) is 1.00. The van der Waals surface area contributed by atoms with Crippen LogP contribution in [-0.2, 0) is 0 Å². The maximum absolute atomic E-state index is 5.39. The zero-order chi connectivity index (χ0) is 7.23. The highest BCUT2D eigenvalue weighted by Gasteiger charge is 2.19. The van der Waals surface area contributed by atoms with Gasteiger partial charge in [-0.25, -0.2) is 0 Å². The van der Waals surface area contributed by atoms with Gasteiger partial charge in [-0.3, -0.25) is 0 Å². The van der Waals surface area contributed by atoms with Crippen LogP contribution in [0.25, 0.3) is 0 Å². The van der Waals surface area contributed by atoms with Crippen molar-refractivity contribution in [1.29, 1.82) is 0 Å². The van der Waals surface area contributed by atoms with E-state index in [0.717, 1.165) is 12.5 Å². The van der Waals surface area contributed by atoms with Crippen molar-refractivity contribution in [1.82, 2.24) is 0 Å². The first-order chi connectivity index (χ1) is 4.93. The Bertz CT molecular complexity index is 79.3. The number of rotatable bonds is 5. The summed E-state index contributed by atoms with van der Waals surface area (Å²) in [6, 6.07) is 0. The molecule has 0 spiro atoms. The molecule has 0 unspecified atom stereocenters. The quantitative estimate of drug-likeness (QED) is 0.510. The summed E-state index contributed by atoms with van der Waals surface area (Å²) in [5, 5.41) is 2.38. The molecule has 60 valence electrons. The van der Waals surface area contributed by atoms with Crippen LogP contribution in [0.4, 0.5) is 0 Å². The van der Waals surface area contributed by atoms with E-state index in [1.54, 1.807) is 0 Å². The summed E-state index contributed by atoms with van der Waals surface area (Å²) in [5.74, 6) is 1.04. The van der Waals surface area contributed by atoms with Gasteiger partial charge in [-0.05, 0) is 19.4 Å². The molecular formula is C8H19N2+. The highest BCUT2D eigenvalue weighted by molar-refractivity contribution is 4.60. The van der Waals surface area contributed by atoms with E-state index in [1.807, 2.05) is 0 Å². The summed E-state index contributed by atoms with van der Waals surface area (Å²) in [6.45, 7) is 3.63. The molecule has 2 heteroatoms. The first-order valence-electron chi connectivity index (χ1n) is 4.45. The molecule has 4 N–H and O–H groups in total. The van der Waals surface area contributed by atoms with Crippen molar-refractivity contribution in [3.05, 3.63) is 0 Å². The van der Waals surface area contributed by atoms with Crippen LogP contribution in [0.5, 0.6) is 0 Å². The molecule has 0 bridgehead atoms. The third-order valence-electron chi connectivity index (χ3n) is 2.32. The summed E-state index contributed by atoms with van der Waals surface area (Å²) in [5.41, 5.74) is 5.39. The topological polar surface area (TPSA) is 42.6 Å². The molecule has 0 amide bonds. The molecule has 0 atom stereocenters. The number of hydrogen-bond donors (Lipinski definition) is 2. The SMILES string of the molecule is NCCCCCC1C[NH2+]C1. The van der Waals surface area contributed by atoms with Crippen LogP contribution in [0.15, 0.2) is 0 Å². The Morgan fingerprint density at radius 2 is 2.00 bits per heavy atom. The van der Waals surface area contributed by atoms with Crippen LogP contribution in [-0.4, -0.2) is 19.6 Å². The minimum atomic E-state index is 0.872. The highest BCUT2D eigenvalue weighted by Crippen LogP contribution is 2.08. The molecule has 1 heterocycles. The first kappa shape index (κ1) is 8.02. The average molecular weight is 143 g/mol. The van der Waals surface area contributed by atoms with E-state index in [9.17, 15) is 0 Å². The molecule has 1 saturated heterocycles. The zero-order valence-electron chi connectivity index (χ0n) is 6.68. The van der Waals surface area contributed by atoms with Crippen LogP contribution >= 0.6 is 0 Å². The van der Waals surface area contributed by atoms with Gasteiger partial charge in [0.25, 0.3) is 0 Å². The van der Waals surface area contributed by atoms with Crippen LogP contribution < -0.4 is 11.1 Å². The van der Waals surface area contributed by atoms with Crippen molar-refractivity contribution in [3.63, 3.8) is 0 Å². The van der Waals surface area contributed by atoms with Gasteiger partial charge >= 0.3 is 0 Å². The van der Waals surface area contributed by atoms with Crippen LogP contribution in [0.2, 0.25) is 0 Å². The van der Waals surface area contributed by atoms with Gasteiger partial charge in [-0.1, -0.05) is 12.8 Å². The summed E-state index contributed by atoms with van der Waals surface area (Å²) in [4.78, 5) is 0. The lowest BCUT2D eigenvalue weighted by Crippen LogP contribution is -2.96. The lowest BCUT2D eigenvalue weighted by atomic mass is 9.96. The number of hydrogen-bond acceptors (Lipinski definition) is 1. The zero-order valence-corrected chi connectivity index (χ0v) is 6.68. The van der Waals surface area contributed by atoms with Gasteiger partial charge < -0.3 is 11.1 Å². The molecule has 0 aromatic heterocycles. The molecule has 1 aliphatic heterocycles. The van der Waals surface area contributed by atoms with Crippen LogP contribution in [0.3, 0.4) is 0 Å². The third-order valence-corrected chi connectivity index (χ3v) is 2.32. The van der Waals surface area contributed by atoms with E-state index in [4.69, 9.17) is 5.73 Å². The number of unbranched alkanes of at least 4 members (excludes halogenated alkanes) is 2. The Hall–Kier alpha value is -0.0800. The van der Waals surface area contributed by atoms with Gasteiger partial charge in [0, 0.05) is 0 Å². The second-order valence-electron chi connectivity index (χ2n) is 3.26. The lowest BCUT2D eigenvalue weighted by Gasteiger charge is -2.22. The maximum atomic E-state index is 5.39. The average Bonchev–Trinajstić information content (AvgIpc) is 1.84. The van der Waals surface area contributed by atoms with E-state index < -0.39 is 0 Å². The highest BCUT2D eigenvalue weighted by atomic mass is 14.9. The van der Waals surface area contributed by atoms with E-state index >= 15 is 0 Å². The number of nitrogens with two attached hydrogens (primary N) is 2. The summed E-state index contributed by atoms with van der Waals surface area (Å²) >= 11 is 0. The van der Waals surface area contributed by atoms with E-state index in [0.29, 0.717) is 0 Å². The molecule has 0 aliphatic carbocycles. The summed E-state index contributed by atoms with van der Waals surface area (Å²) in [7, 11) is 0. The minimum Gasteiger partial charge on any atom is -0.345 e.